The highest BCUT2D eigenvalue weighted by Crippen LogP contribution is 2.23. The Morgan fingerprint density at radius 1 is 1.23 bits per heavy atom. The molecule has 1 N–H and O–H groups in total. The number of pyridine rings is 1. The molecule has 1 atom stereocenters. The fraction of sp³-hybridized carbons (Fsp3) is 0.417. The Bertz CT molecular complexity index is 1180. The number of carbonyl (C=O) groups excluding carboxylic acids is 1. The summed E-state index contributed by atoms with van der Waals surface area (Å²) < 4.78 is 0. The lowest BCUT2D eigenvalue weighted by molar-refractivity contribution is -0.131. The average Bonchev–Trinajstić information content (AvgIpc) is 2.79. The van der Waals surface area contributed by atoms with Gasteiger partial charge in [0, 0.05) is 37.6 Å². The molecule has 0 radical (unpaired) electrons. The molecule has 1 fully saturated rings. The van der Waals surface area contributed by atoms with Gasteiger partial charge in [-0.2, -0.15) is 0 Å². The number of para-hydroxylation sites is 1. The third-order valence-corrected chi connectivity index (χ3v) is 6.42. The van der Waals surface area contributed by atoms with E-state index in [9.17, 15) is 9.59 Å². The highest BCUT2D eigenvalue weighted by Gasteiger charge is 2.27. The number of fused-ring (bicyclic) bond motifs is 2. The predicted octanol–water partition coefficient (Wildman–Crippen LogP) is 2.68. The maximum Gasteiger partial charge on any atom is 0.257 e. The molecular weight excluding hydrogens is 390 g/mol. The van der Waals surface area contributed by atoms with E-state index in [1.54, 1.807) is 11.1 Å². The van der Waals surface area contributed by atoms with Crippen molar-refractivity contribution in [3.05, 3.63) is 63.7 Å². The summed E-state index contributed by atoms with van der Waals surface area (Å²) in [5, 5.41) is 1.02. The first kappa shape index (κ1) is 19.7. The van der Waals surface area contributed by atoms with Gasteiger partial charge in [-0.15, -0.1) is 0 Å². The van der Waals surface area contributed by atoms with Gasteiger partial charge >= 0.3 is 0 Å². The van der Waals surface area contributed by atoms with Crippen LogP contribution in [0.2, 0.25) is 0 Å². The minimum Gasteiger partial charge on any atom is -0.342 e. The van der Waals surface area contributed by atoms with E-state index in [0.29, 0.717) is 36.9 Å². The number of H-pyrrole nitrogens is 1. The highest BCUT2D eigenvalue weighted by molar-refractivity contribution is 5.87. The van der Waals surface area contributed by atoms with Gasteiger partial charge in [0.15, 0.2) is 0 Å². The third-order valence-electron chi connectivity index (χ3n) is 6.42. The van der Waals surface area contributed by atoms with Gasteiger partial charge in [0.1, 0.15) is 0 Å². The first-order chi connectivity index (χ1) is 15.1. The monoisotopic (exact) mass is 417 g/mol. The van der Waals surface area contributed by atoms with E-state index in [0.717, 1.165) is 41.7 Å². The van der Waals surface area contributed by atoms with Crippen molar-refractivity contribution in [2.24, 2.45) is 5.92 Å². The van der Waals surface area contributed by atoms with Gasteiger partial charge in [-0.1, -0.05) is 31.2 Å². The Morgan fingerprint density at radius 2 is 2.10 bits per heavy atom. The number of anilines is 1. The molecule has 0 bridgehead atoms. The number of benzene rings is 1. The first-order valence-electron chi connectivity index (χ1n) is 11.1. The number of aromatic amines is 1. The van der Waals surface area contributed by atoms with Crippen molar-refractivity contribution in [3.8, 4) is 0 Å². The molecule has 2 aliphatic rings. The predicted molar refractivity (Wildman–Crippen MR) is 120 cm³/mol. The fourth-order valence-electron chi connectivity index (χ4n) is 4.74. The minimum absolute atomic E-state index is 0.0112. The van der Waals surface area contributed by atoms with Crippen molar-refractivity contribution < 1.29 is 4.79 Å². The molecule has 2 aromatic heterocycles. The number of piperidine rings is 1. The van der Waals surface area contributed by atoms with Gasteiger partial charge in [-0.05, 0) is 30.4 Å². The van der Waals surface area contributed by atoms with E-state index in [1.807, 2.05) is 30.3 Å². The Balaban J connectivity index is 1.34. The Hall–Kier alpha value is -3.22. The van der Waals surface area contributed by atoms with Crippen molar-refractivity contribution in [1.29, 1.82) is 0 Å². The van der Waals surface area contributed by atoms with Crippen LogP contribution in [0, 0.1) is 5.92 Å². The van der Waals surface area contributed by atoms with Crippen LogP contribution in [0.1, 0.15) is 36.6 Å². The zero-order valence-electron chi connectivity index (χ0n) is 17.8. The number of nitrogens with one attached hydrogen (secondary N) is 1. The number of carbonyl (C=O) groups is 1. The number of amides is 1. The van der Waals surface area contributed by atoms with Crippen LogP contribution < -0.4 is 10.5 Å². The van der Waals surface area contributed by atoms with Crippen molar-refractivity contribution in [2.45, 2.75) is 39.2 Å². The number of hydrogen-bond acceptors (Lipinski definition) is 5. The van der Waals surface area contributed by atoms with Crippen molar-refractivity contribution in [3.63, 3.8) is 0 Å². The lowest BCUT2D eigenvalue weighted by atomic mass is 10.0. The molecule has 1 amide bonds. The lowest BCUT2D eigenvalue weighted by Crippen LogP contribution is -2.42. The van der Waals surface area contributed by atoms with E-state index < -0.39 is 0 Å². The van der Waals surface area contributed by atoms with E-state index in [1.165, 1.54) is 6.42 Å². The van der Waals surface area contributed by atoms with Crippen LogP contribution in [-0.4, -0.2) is 45.4 Å². The largest absolute Gasteiger partial charge is 0.342 e. The molecule has 7 heteroatoms. The van der Waals surface area contributed by atoms with Crippen LogP contribution in [0.4, 0.5) is 5.95 Å². The van der Waals surface area contributed by atoms with Crippen LogP contribution >= 0.6 is 0 Å². The second kappa shape index (κ2) is 8.13. The maximum atomic E-state index is 13.0. The Kier molecular flexibility index (Phi) is 5.18. The second-order valence-corrected chi connectivity index (χ2v) is 8.74. The van der Waals surface area contributed by atoms with Crippen LogP contribution in [0.15, 0.2) is 41.3 Å². The van der Waals surface area contributed by atoms with E-state index in [-0.39, 0.29) is 17.9 Å². The minimum atomic E-state index is -0.123. The summed E-state index contributed by atoms with van der Waals surface area (Å²) in [5.41, 5.74) is 3.09. The molecule has 1 aromatic carbocycles. The number of nitrogens with zero attached hydrogens (tertiary/aromatic N) is 4. The molecule has 0 spiro atoms. The van der Waals surface area contributed by atoms with E-state index in [4.69, 9.17) is 4.98 Å². The maximum absolute atomic E-state index is 13.0. The van der Waals surface area contributed by atoms with Crippen molar-refractivity contribution >= 4 is 22.8 Å². The summed E-state index contributed by atoms with van der Waals surface area (Å²) in [6.45, 7) is 4.97. The molecule has 5 rings (SSSR count). The molecule has 0 aliphatic carbocycles. The topological polar surface area (TPSA) is 82.2 Å². The number of rotatable bonds is 3. The smallest absolute Gasteiger partial charge is 0.257 e. The Morgan fingerprint density at radius 3 is 2.97 bits per heavy atom. The summed E-state index contributed by atoms with van der Waals surface area (Å²) in [6, 6.07) is 9.80. The van der Waals surface area contributed by atoms with Gasteiger partial charge < -0.3 is 9.80 Å². The quantitative estimate of drug-likeness (QED) is 0.709. The third kappa shape index (κ3) is 3.92. The van der Waals surface area contributed by atoms with Crippen LogP contribution in [-0.2, 0) is 24.2 Å². The van der Waals surface area contributed by atoms with Crippen molar-refractivity contribution in [1.82, 2.24) is 19.9 Å². The highest BCUT2D eigenvalue weighted by atomic mass is 16.2. The molecule has 7 nitrogen and oxygen atoms in total. The molecule has 2 aliphatic heterocycles. The molecular formula is C24H27N5O2. The van der Waals surface area contributed by atoms with Crippen LogP contribution in [0.3, 0.4) is 0 Å². The SMILES string of the molecule is C[C@H]1CCCN(c2nc3c(c(=O)[nH]2)CN(C(=O)Cc2cccc4cccnc24)CC3)C1. The van der Waals surface area contributed by atoms with Gasteiger partial charge in [0.25, 0.3) is 5.56 Å². The summed E-state index contributed by atoms with van der Waals surface area (Å²) >= 11 is 0. The zero-order valence-corrected chi connectivity index (χ0v) is 17.8. The molecule has 31 heavy (non-hydrogen) atoms. The van der Waals surface area contributed by atoms with Gasteiger partial charge in [-0.3, -0.25) is 19.6 Å². The molecule has 0 saturated carbocycles. The van der Waals surface area contributed by atoms with Crippen LogP contribution in [0.5, 0.6) is 0 Å². The Labute approximate surface area is 181 Å². The van der Waals surface area contributed by atoms with Crippen molar-refractivity contribution in [2.75, 3.05) is 24.5 Å². The summed E-state index contributed by atoms with van der Waals surface area (Å²) in [7, 11) is 0. The second-order valence-electron chi connectivity index (χ2n) is 8.74. The number of hydrogen-bond donors (Lipinski definition) is 1. The molecule has 160 valence electrons. The van der Waals surface area contributed by atoms with E-state index in [2.05, 4.69) is 21.8 Å². The van der Waals surface area contributed by atoms with Gasteiger partial charge in [0.2, 0.25) is 11.9 Å². The van der Waals surface area contributed by atoms with Gasteiger partial charge in [0.05, 0.1) is 29.7 Å². The fourth-order valence-corrected chi connectivity index (χ4v) is 4.74. The zero-order chi connectivity index (χ0) is 21.4. The molecule has 1 saturated heterocycles. The standard InChI is InChI=1S/C24H27N5O2/c1-16-5-4-11-29(14-16)24-26-20-9-12-28(15-19(20)23(31)27-24)21(30)13-18-7-2-6-17-8-3-10-25-22(17)18/h2-3,6-8,10,16H,4-5,9,11-15H2,1H3,(H,26,27,31)/t16-/m0/s1. The summed E-state index contributed by atoms with van der Waals surface area (Å²) in [5.74, 6) is 1.29. The molecule has 3 aromatic rings. The van der Waals surface area contributed by atoms with Crippen LogP contribution in [0.25, 0.3) is 10.9 Å². The normalized spacial score (nSPS) is 18.8. The van der Waals surface area contributed by atoms with Gasteiger partial charge in [-0.25, -0.2) is 4.98 Å². The number of aromatic nitrogens is 3. The molecule has 4 heterocycles. The average molecular weight is 418 g/mol. The summed E-state index contributed by atoms with van der Waals surface area (Å²) in [6.07, 6.45) is 4.97. The lowest BCUT2D eigenvalue weighted by Gasteiger charge is -2.33. The van der Waals surface area contributed by atoms with E-state index >= 15 is 0 Å². The molecule has 0 unspecified atom stereocenters. The summed E-state index contributed by atoms with van der Waals surface area (Å²) in [4.78, 5) is 42.0. The first-order valence-corrected chi connectivity index (χ1v) is 11.1.